The van der Waals surface area contributed by atoms with Crippen LogP contribution < -0.4 is 9.73 Å². The summed E-state index contributed by atoms with van der Waals surface area (Å²) in [5.74, 6) is 0.408. The highest BCUT2D eigenvalue weighted by Gasteiger charge is 2.53. The molecule has 0 radical (unpaired) electrons. The third-order valence-electron chi connectivity index (χ3n) is 6.26. The van der Waals surface area contributed by atoms with Gasteiger partial charge in [0.05, 0.1) is 32.2 Å². The smallest absolute Gasteiger partial charge is 0.276 e. The first-order chi connectivity index (χ1) is 16.7. The van der Waals surface area contributed by atoms with E-state index in [4.69, 9.17) is 34.8 Å². The molecule has 2 aromatic carbocycles. The van der Waals surface area contributed by atoms with Crippen molar-refractivity contribution in [2.24, 2.45) is 5.10 Å². The largest absolute Gasteiger partial charge is 0.345 e. The minimum absolute atomic E-state index is 0.128. The van der Waals surface area contributed by atoms with Gasteiger partial charge >= 0.3 is 0 Å². The molecule has 2 heterocycles. The molecule has 0 bridgehead atoms. The number of aromatic nitrogens is 1. The Morgan fingerprint density at radius 1 is 1.09 bits per heavy atom. The summed E-state index contributed by atoms with van der Waals surface area (Å²) in [7, 11) is -3.90. The van der Waals surface area contributed by atoms with Crippen molar-refractivity contribution in [3.05, 3.63) is 74.2 Å². The summed E-state index contributed by atoms with van der Waals surface area (Å²) < 4.78 is 26.7. The Morgan fingerprint density at radius 2 is 1.77 bits per heavy atom. The molecular weight excluding hydrogens is 549 g/mol. The quantitative estimate of drug-likeness (QED) is 0.252. The summed E-state index contributed by atoms with van der Waals surface area (Å²) in [6.07, 6.45) is 3.51. The van der Waals surface area contributed by atoms with E-state index in [1.54, 1.807) is 48.7 Å². The average Bonchev–Trinajstić information content (AvgIpc) is 3.44. The van der Waals surface area contributed by atoms with Crippen LogP contribution in [0.3, 0.4) is 0 Å². The molecule has 1 aliphatic carbocycles. The monoisotopic (exact) mass is 569 g/mol. The number of benzene rings is 2. The topological polar surface area (TPSA) is 77.9 Å². The van der Waals surface area contributed by atoms with E-state index in [9.17, 15) is 8.42 Å². The zero-order valence-electron chi connectivity index (χ0n) is 18.7. The van der Waals surface area contributed by atoms with Crippen LogP contribution in [0.4, 0.5) is 5.13 Å². The SMILES string of the molecule is Cc1ccc(S(=O)(=O)N/N=C(/c2c(Cl)cccc2Cl)N2CCN(c3ncc(Cl)s3)CC23CC3)cc1. The zero-order valence-corrected chi connectivity index (χ0v) is 22.6. The Bertz CT molecular complexity index is 1370. The summed E-state index contributed by atoms with van der Waals surface area (Å²) in [5.41, 5.74) is 1.23. The second kappa shape index (κ2) is 9.44. The van der Waals surface area contributed by atoms with Crippen LogP contribution in [0.5, 0.6) is 0 Å². The van der Waals surface area contributed by atoms with E-state index in [0.29, 0.717) is 45.4 Å². The number of halogens is 3. The van der Waals surface area contributed by atoms with E-state index in [0.717, 1.165) is 23.5 Å². The lowest BCUT2D eigenvalue weighted by Crippen LogP contribution is -2.57. The van der Waals surface area contributed by atoms with Crippen LogP contribution in [-0.2, 0) is 10.0 Å². The van der Waals surface area contributed by atoms with Crippen molar-refractivity contribution in [1.29, 1.82) is 0 Å². The van der Waals surface area contributed by atoms with Crippen LogP contribution in [0.25, 0.3) is 0 Å². The lowest BCUT2D eigenvalue weighted by atomic mass is 10.1. The number of amidine groups is 1. The first-order valence-electron chi connectivity index (χ1n) is 10.9. The van der Waals surface area contributed by atoms with Gasteiger partial charge in [-0.15, -0.1) is 5.10 Å². The number of hydrazone groups is 1. The molecule has 5 rings (SSSR count). The van der Waals surface area contributed by atoms with E-state index < -0.39 is 10.0 Å². The summed E-state index contributed by atoms with van der Waals surface area (Å²) in [4.78, 5) is 11.3. The molecule has 3 aromatic rings. The number of nitrogens with one attached hydrogen (secondary N) is 1. The first kappa shape index (κ1) is 24.6. The first-order valence-corrected chi connectivity index (χ1v) is 14.4. The highest BCUT2D eigenvalue weighted by molar-refractivity contribution is 7.89. The molecule has 1 aliphatic heterocycles. The van der Waals surface area contributed by atoms with Crippen LogP contribution in [0.2, 0.25) is 14.4 Å². The number of thiazole rings is 1. The maximum absolute atomic E-state index is 13.0. The second-order valence-corrected chi connectivity index (χ2v) is 12.8. The van der Waals surface area contributed by atoms with Gasteiger partial charge < -0.3 is 9.80 Å². The van der Waals surface area contributed by atoms with Crippen molar-refractivity contribution in [2.45, 2.75) is 30.2 Å². The maximum Gasteiger partial charge on any atom is 0.276 e. The minimum atomic E-state index is -3.90. The fourth-order valence-corrected chi connectivity index (χ4v) is 6.57. The van der Waals surface area contributed by atoms with Crippen LogP contribution >= 0.6 is 46.1 Å². The Hall–Kier alpha value is -2.04. The number of aryl methyl sites for hydroxylation is 1. The number of rotatable bonds is 5. The average molecular weight is 571 g/mol. The molecule has 12 heteroatoms. The second-order valence-electron chi connectivity index (χ2n) is 8.68. The van der Waals surface area contributed by atoms with Gasteiger partial charge in [0.2, 0.25) is 0 Å². The predicted molar refractivity (Wildman–Crippen MR) is 143 cm³/mol. The lowest BCUT2D eigenvalue weighted by Gasteiger charge is -2.44. The van der Waals surface area contributed by atoms with Crippen molar-refractivity contribution < 1.29 is 8.42 Å². The van der Waals surface area contributed by atoms with E-state index in [1.165, 1.54) is 11.3 Å². The maximum atomic E-state index is 13.0. The molecule has 35 heavy (non-hydrogen) atoms. The lowest BCUT2D eigenvalue weighted by molar-refractivity contribution is 0.259. The van der Waals surface area contributed by atoms with Crippen LogP contribution in [0.1, 0.15) is 24.0 Å². The van der Waals surface area contributed by atoms with Gasteiger partial charge in [-0.2, -0.15) is 13.2 Å². The van der Waals surface area contributed by atoms with Crippen molar-refractivity contribution in [2.75, 3.05) is 24.5 Å². The number of hydrogen-bond acceptors (Lipinski definition) is 6. The standard InChI is InChI=1S/C23H22Cl3N5O2S2/c1-15-5-7-16(8-6-15)35(32,33)29-28-21(20-17(24)3-2-4-18(20)25)31-12-11-30(14-23(31)9-10-23)22-27-13-19(26)34-22/h2-8,13,29H,9-12,14H2,1H3/b28-21-. The molecule has 2 fully saturated rings. The van der Waals surface area contributed by atoms with Gasteiger partial charge in [-0.3, -0.25) is 0 Å². The molecule has 0 amide bonds. The number of sulfonamides is 1. The highest BCUT2D eigenvalue weighted by Crippen LogP contribution is 2.47. The van der Waals surface area contributed by atoms with E-state index in [-0.39, 0.29) is 10.4 Å². The van der Waals surface area contributed by atoms with Crippen molar-refractivity contribution >= 4 is 67.1 Å². The predicted octanol–water partition coefficient (Wildman–Crippen LogP) is 5.41. The summed E-state index contributed by atoms with van der Waals surface area (Å²) in [6, 6.07) is 11.8. The fraction of sp³-hybridized carbons (Fsp3) is 0.304. The molecule has 2 aliphatic rings. The van der Waals surface area contributed by atoms with Gasteiger partial charge in [0.15, 0.2) is 11.0 Å². The Labute approximate surface area is 223 Å². The Kier molecular flexibility index (Phi) is 6.65. The van der Waals surface area contributed by atoms with Crippen LogP contribution in [-0.4, -0.2) is 49.3 Å². The summed E-state index contributed by atoms with van der Waals surface area (Å²) >= 11 is 20.7. The van der Waals surface area contributed by atoms with E-state index >= 15 is 0 Å². The van der Waals surface area contributed by atoms with Crippen molar-refractivity contribution in [3.8, 4) is 0 Å². The molecule has 0 atom stereocenters. The highest BCUT2D eigenvalue weighted by atomic mass is 35.5. The molecule has 0 unspecified atom stereocenters. The third kappa shape index (κ3) is 4.97. The van der Waals surface area contributed by atoms with Gasteiger partial charge in [0.1, 0.15) is 4.34 Å². The van der Waals surface area contributed by atoms with Crippen LogP contribution in [0, 0.1) is 6.92 Å². The van der Waals surface area contributed by atoms with E-state index in [2.05, 4.69) is 24.7 Å². The molecule has 1 N–H and O–H groups in total. The fourth-order valence-electron chi connectivity index (χ4n) is 4.27. The van der Waals surface area contributed by atoms with Gasteiger partial charge in [-0.25, -0.2) is 4.98 Å². The normalized spacial score (nSPS) is 17.7. The van der Waals surface area contributed by atoms with Gasteiger partial charge in [0, 0.05) is 19.6 Å². The molecule has 1 aromatic heterocycles. The van der Waals surface area contributed by atoms with Crippen molar-refractivity contribution in [1.82, 2.24) is 14.7 Å². The minimum Gasteiger partial charge on any atom is -0.345 e. The summed E-state index contributed by atoms with van der Waals surface area (Å²) in [5, 5.41) is 6.10. The Balaban J connectivity index is 1.51. The molecule has 1 spiro atoms. The van der Waals surface area contributed by atoms with E-state index in [1.807, 2.05) is 6.92 Å². The number of anilines is 1. The zero-order chi connectivity index (χ0) is 24.8. The Morgan fingerprint density at radius 3 is 2.37 bits per heavy atom. The molecular formula is C23H22Cl3N5O2S2. The molecule has 184 valence electrons. The van der Waals surface area contributed by atoms with Crippen LogP contribution in [0.15, 0.2) is 58.7 Å². The number of piperazine rings is 1. The van der Waals surface area contributed by atoms with Gasteiger partial charge in [-0.05, 0) is 44.0 Å². The third-order valence-corrected chi connectivity index (χ3v) is 9.29. The van der Waals surface area contributed by atoms with Gasteiger partial charge in [-0.1, -0.05) is 69.9 Å². The van der Waals surface area contributed by atoms with Crippen molar-refractivity contribution in [3.63, 3.8) is 0 Å². The summed E-state index contributed by atoms with van der Waals surface area (Å²) in [6.45, 7) is 3.86. The molecule has 1 saturated heterocycles. The molecule has 7 nitrogen and oxygen atoms in total. The number of hydrogen-bond donors (Lipinski definition) is 1. The molecule has 1 saturated carbocycles. The van der Waals surface area contributed by atoms with Gasteiger partial charge in [0.25, 0.3) is 10.0 Å². The number of nitrogens with zero attached hydrogens (tertiary/aromatic N) is 4.